The smallest absolute Gasteiger partial charge is 0.269 e. The van der Waals surface area contributed by atoms with E-state index in [1.54, 1.807) is 6.20 Å². The number of aryl methyl sites for hydroxylation is 1. The van der Waals surface area contributed by atoms with E-state index in [1.165, 1.54) is 16.9 Å². The first-order valence-corrected chi connectivity index (χ1v) is 8.05. The maximum absolute atomic E-state index is 12.4. The van der Waals surface area contributed by atoms with Crippen LogP contribution < -0.4 is 5.56 Å². The van der Waals surface area contributed by atoms with Crippen LogP contribution in [0.3, 0.4) is 0 Å². The molecule has 0 radical (unpaired) electrons. The largest absolute Gasteiger partial charge is 0.304 e. The minimum Gasteiger partial charge on any atom is -0.304 e. The number of nitrogens with one attached hydrogen (secondary N) is 1. The number of H-pyrrole nitrogens is 1. The van der Waals surface area contributed by atoms with E-state index in [-0.39, 0.29) is 5.56 Å². The third kappa shape index (κ3) is 2.55. The van der Waals surface area contributed by atoms with Gasteiger partial charge < -0.3 is 4.98 Å². The van der Waals surface area contributed by atoms with Crippen molar-refractivity contribution in [1.29, 1.82) is 0 Å². The van der Waals surface area contributed by atoms with E-state index in [4.69, 9.17) is 0 Å². The molecular formula is C18H13N3OS. The highest BCUT2D eigenvalue weighted by Gasteiger charge is 2.11. The van der Waals surface area contributed by atoms with Crippen molar-refractivity contribution in [2.45, 2.75) is 6.92 Å². The van der Waals surface area contributed by atoms with Crippen LogP contribution in [0.15, 0.2) is 59.5 Å². The number of hydrogen-bond acceptors (Lipinski definition) is 4. The van der Waals surface area contributed by atoms with Crippen LogP contribution in [-0.4, -0.2) is 15.0 Å². The fourth-order valence-electron chi connectivity index (χ4n) is 2.50. The van der Waals surface area contributed by atoms with Crippen LogP contribution in [0.5, 0.6) is 0 Å². The number of rotatable bonds is 2. The van der Waals surface area contributed by atoms with E-state index in [0.29, 0.717) is 21.7 Å². The average molecular weight is 319 g/mol. The van der Waals surface area contributed by atoms with Gasteiger partial charge in [0.1, 0.15) is 10.4 Å². The van der Waals surface area contributed by atoms with Crippen molar-refractivity contribution < 1.29 is 0 Å². The van der Waals surface area contributed by atoms with Crippen molar-refractivity contribution in [3.05, 3.63) is 70.6 Å². The van der Waals surface area contributed by atoms with Crippen LogP contribution in [0.4, 0.5) is 0 Å². The summed E-state index contributed by atoms with van der Waals surface area (Å²) >= 11 is 1.46. The van der Waals surface area contributed by atoms with Gasteiger partial charge in [0.25, 0.3) is 5.56 Å². The second-order valence-electron chi connectivity index (χ2n) is 5.32. The standard InChI is InChI=1S/C18H13N3OS/c1-11-5-4-6-12(9-11)15-10-14-16(23-15)18(22)21-17(20-14)13-7-2-3-8-19-13/h2-10H,1H3,(H,20,21,22). The normalized spacial score (nSPS) is 11.0. The van der Waals surface area contributed by atoms with Gasteiger partial charge in [-0.2, -0.15) is 0 Å². The Labute approximate surface area is 136 Å². The number of fused-ring (bicyclic) bond motifs is 1. The Morgan fingerprint density at radius 1 is 1.09 bits per heavy atom. The summed E-state index contributed by atoms with van der Waals surface area (Å²) < 4.78 is 0.640. The molecule has 3 heterocycles. The van der Waals surface area contributed by atoms with Gasteiger partial charge in [-0.05, 0) is 30.7 Å². The molecule has 23 heavy (non-hydrogen) atoms. The molecule has 0 bridgehead atoms. The van der Waals surface area contributed by atoms with E-state index >= 15 is 0 Å². The molecule has 1 N–H and O–H groups in total. The van der Waals surface area contributed by atoms with Gasteiger partial charge in [0.2, 0.25) is 0 Å². The molecular weight excluding hydrogens is 306 g/mol. The number of aromatic amines is 1. The zero-order valence-corrected chi connectivity index (χ0v) is 13.2. The summed E-state index contributed by atoms with van der Waals surface area (Å²) in [6.45, 7) is 2.06. The van der Waals surface area contributed by atoms with Crippen molar-refractivity contribution in [2.24, 2.45) is 0 Å². The molecule has 0 atom stereocenters. The summed E-state index contributed by atoms with van der Waals surface area (Å²) in [5.41, 5.74) is 3.54. The molecule has 1 aromatic carbocycles. The molecule has 0 unspecified atom stereocenters. The zero-order chi connectivity index (χ0) is 15.8. The van der Waals surface area contributed by atoms with Crippen molar-refractivity contribution in [2.75, 3.05) is 0 Å². The van der Waals surface area contributed by atoms with Crippen LogP contribution in [0, 0.1) is 6.92 Å². The third-order valence-electron chi connectivity index (χ3n) is 3.59. The highest BCUT2D eigenvalue weighted by Crippen LogP contribution is 2.31. The molecule has 0 aliphatic carbocycles. The fourth-order valence-corrected chi connectivity index (χ4v) is 3.49. The second kappa shape index (κ2) is 5.44. The van der Waals surface area contributed by atoms with Gasteiger partial charge in [-0.1, -0.05) is 35.9 Å². The molecule has 0 saturated heterocycles. The van der Waals surface area contributed by atoms with Gasteiger partial charge in [-0.15, -0.1) is 11.3 Å². The molecule has 4 nitrogen and oxygen atoms in total. The van der Waals surface area contributed by atoms with E-state index < -0.39 is 0 Å². The maximum Gasteiger partial charge on any atom is 0.269 e. The van der Waals surface area contributed by atoms with Gasteiger partial charge in [0.15, 0.2) is 5.82 Å². The van der Waals surface area contributed by atoms with E-state index in [9.17, 15) is 4.79 Å². The van der Waals surface area contributed by atoms with Crippen molar-refractivity contribution in [3.63, 3.8) is 0 Å². The predicted octanol–water partition coefficient (Wildman–Crippen LogP) is 4.02. The van der Waals surface area contributed by atoms with Gasteiger partial charge in [0.05, 0.1) is 5.52 Å². The Bertz CT molecular complexity index is 1050. The molecule has 0 saturated carbocycles. The van der Waals surface area contributed by atoms with Crippen molar-refractivity contribution in [3.8, 4) is 22.0 Å². The molecule has 3 aromatic heterocycles. The van der Waals surface area contributed by atoms with Crippen LogP contribution in [0.25, 0.3) is 32.2 Å². The second-order valence-corrected chi connectivity index (χ2v) is 6.38. The predicted molar refractivity (Wildman–Crippen MR) is 93.6 cm³/mol. The highest BCUT2D eigenvalue weighted by atomic mass is 32.1. The summed E-state index contributed by atoms with van der Waals surface area (Å²) in [6, 6.07) is 15.7. The van der Waals surface area contributed by atoms with E-state index in [2.05, 4.69) is 34.0 Å². The molecule has 0 aliphatic rings. The van der Waals surface area contributed by atoms with Gasteiger partial charge in [-0.25, -0.2) is 4.98 Å². The van der Waals surface area contributed by atoms with Crippen LogP contribution in [0.2, 0.25) is 0 Å². The summed E-state index contributed by atoms with van der Waals surface area (Å²) in [7, 11) is 0. The molecule has 0 amide bonds. The Morgan fingerprint density at radius 2 is 2.00 bits per heavy atom. The molecule has 5 heteroatoms. The number of aromatic nitrogens is 3. The van der Waals surface area contributed by atoms with Gasteiger partial charge in [0, 0.05) is 11.1 Å². The lowest BCUT2D eigenvalue weighted by Gasteiger charge is -1.98. The van der Waals surface area contributed by atoms with Crippen LogP contribution in [-0.2, 0) is 0 Å². The number of thiophene rings is 1. The Morgan fingerprint density at radius 3 is 2.78 bits per heavy atom. The number of nitrogens with zero attached hydrogens (tertiary/aromatic N) is 2. The fraction of sp³-hybridized carbons (Fsp3) is 0.0556. The highest BCUT2D eigenvalue weighted by molar-refractivity contribution is 7.22. The van der Waals surface area contributed by atoms with E-state index in [0.717, 1.165) is 10.4 Å². The minimum absolute atomic E-state index is 0.125. The summed E-state index contributed by atoms with van der Waals surface area (Å²) in [6.07, 6.45) is 1.69. The first-order chi connectivity index (χ1) is 11.2. The van der Waals surface area contributed by atoms with Gasteiger partial charge >= 0.3 is 0 Å². The monoisotopic (exact) mass is 319 g/mol. The number of pyridine rings is 1. The van der Waals surface area contributed by atoms with Crippen molar-refractivity contribution >= 4 is 21.6 Å². The Kier molecular flexibility index (Phi) is 3.28. The SMILES string of the molecule is Cc1cccc(-c2cc3nc(-c4ccccn4)[nH]c(=O)c3s2)c1. The molecule has 0 aliphatic heterocycles. The molecule has 0 spiro atoms. The van der Waals surface area contributed by atoms with Gasteiger partial charge in [-0.3, -0.25) is 9.78 Å². The molecule has 112 valence electrons. The third-order valence-corrected chi connectivity index (χ3v) is 4.77. The topological polar surface area (TPSA) is 58.6 Å². The Balaban J connectivity index is 1.89. The minimum atomic E-state index is -0.125. The molecule has 0 fully saturated rings. The van der Waals surface area contributed by atoms with Crippen LogP contribution in [0.1, 0.15) is 5.56 Å². The summed E-state index contributed by atoms with van der Waals surface area (Å²) in [5.74, 6) is 0.497. The lowest BCUT2D eigenvalue weighted by Crippen LogP contribution is -2.07. The summed E-state index contributed by atoms with van der Waals surface area (Å²) in [5, 5.41) is 0. The quantitative estimate of drug-likeness (QED) is 0.607. The lowest BCUT2D eigenvalue weighted by atomic mass is 10.1. The van der Waals surface area contributed by atoms with Crippen LogP contribution >= 0.6 is 11.3 Å². The van der Waals surface area contributed by atoms with Crippen molar-refractivity contribution in [1.82, 2.24) is 15.0 Å². The van der Waals surface area contributed by atoms with E-state index in [1.807, 2.05) is 36.4 Å². The summed E-state index contributed by atoms with van der Waals surface area (Å²) in [4.78, 5) is 25.0. The molecule has 4 rings (SSSR count). The lowest BCUT2D eigenvalue weighted by molar-refractivity contribution is 1.15. The number of benzene rings is 1. The molecule has 4 aromatic rings. The first kappa shape index (κ1) is 13.8. The average Bonchev–Trinajstić information content (AvgIpc) is 3.00. The maximum atomic E-state index is 12.4. The number of hydrogen-bond donors (Lipinski definition) is 1. The first-order valence-electron chi connectivity index (χ1n) is 7.23. The zero-order valence-electron chi connectivity index (χ0n) is 12.4. The Hall–Kier alpha value is -2.79.